The summed E-state index contributed by atoms with van der Waals surface area (Å²) in [7, 11) is 1.61. The highest BCUT2D eigenvalue weighted by Crippen LogP contribution is 2.57. The van der Waals surface area contributed by atoms with Gasteiger partial charge in [0.15, 0.2) is 5.13 Å². The van der Waals surface area contributed by atoms with Crippen LogP contribution in [0.3, 0.4) is 0 Å². The second kappa shape index (κ2) is 9.68. The zero-order chi connectivity index (χ0) is 23.8. The topological polar surface area (TPSA) is 83.5 Å². The van der Waals surface area contributed by atoms with E-state index in [-0.39, 0.29) is 40.8 Å². The molecule has 4 rings (SSSR count). The van der Waals surface area contributed by atoms with Crippen molar-refractivity contribution in [2.45, 2.75) is 52.1 Å². The highest BCUT2D eigenvalue weighted by Gasteiger charge is 2.53. The van der Waals surface area contributed by atoms with E-state index >= 15 is 0 Å². The summed E-state index contributed by atoms with van der Waals surface area (Å²) < 4.78 is 18.3. The second-order valence-corrected chi connectivity index (χ2v) is 11.0. The summed E-state index contributed by atoms with van der Waals surface area (Å²) in [6.07, 6.45) is 2.11. The molecular formula is C25H34FN3O3S. The van der Waals surface area contributed by atoms with Crippen molar-refractivity contribution in [1.82, 2.24) is 10.3 Å². The molecule has 3 N–H and O–H groups in total. The fourth-order valence-corrected chi connectivity index (χ4v) is 7.17. The molecule has 1 heterocycles. The number of benzene rings is 1. The van der Waals surface area contributed by atoms with E-state index in [1.807, 2.05) is 6.92 Å². The smallest absolute Gasteiger partial charge is 0.223 e. The zero-order valence-electron chi connectivity index (χ0n) is 19.7. The maximum Gasteiger partial charge on any atom is 0.223 e. The predicted octanol–water partition coefficient (Wildman–Crippen LogP) is 4.48. The molecule has 6 atom stereocenters. The molecule has 33 heavy (non-hydrogen) atoms. The number of hydrogen-bond acceptors (Lipinski definition) is 6. The van der Waals surface area contributed by atoms with Crippen molar-refractivity contribution in [2.75, 3.05) is 25.6 Å². The van der Waals surface area contributed by atoms with Crippen LogP contribution in [0.5, 0.6) is 0 Å². The molecule has 2 aliphatic carbocycles. The summed E-state index contributed by atoms with van der Waals surface area (Å²) in [4.78, 5) is 18.8. The third kappa shape index (κ3) is 4.79. The summed E-state index contributed by atoms with van der Waals surface area (Å²) in [5, 5.41) is 18.5. The minimum absolute atomic E-state index is 0.0247. The Labute approximate surface area is 199 Å². The highest BCUT2D eigenvalue weighted by atomic mass is 32.1. The number of rotatable bonds is 7. The van der Waals surface area contributed by atoms with Gasteiger partial charge in [0.25, 0.3) is 0 Å². The SMILES string of the molecule is COCCNC(=O)C(C)C1CCC2(C)Cc3sc(Nc4ccc(F)cc4)nc3C(C)C2C1O. The first kappa shape index (κ1) is 24.1. The first-order chi connectivity index (χ1) is 15.7. The number of aromatic nitrogens is 1. The molecule has 0 bridgehead atoms. The molecule has 1 aromatic heterocycles. The Morgan fingerprint density at radius 1 is 1.39 bits per heavy atom. The van der Waals surface area contributed by atoms with E-state index in [4.69, 9.17) is 9.72 Å². The number of amides is 1. The largest absolute Gasteiger partial charge is 0.392 e. The number of fused-ring (bicyclic) bond motifs is 2. The second-order valence-electron chi connectivity index (χ2n) is 9.87. The van der Waals surface area contributed by atoms with Crippen molar-refractivity contribution >= 4 is 28.1 Å². The van der Waals surface area contributed by atoms with E-state index in [1.54, 1.807) is 30.6 Å². The number of aliphatic hydroxyl groups excluding tert-OH is 1. The lowest BCUT2D eigenvalue weighted by Crippen LogP contribution is -2.53. The van der Waals surface area contributed by atoms with Crippen molar-refractivity contribution in [3.05, 3.63) is 40.7 Å². The summed E-state index contributed by atoms with van der Waals surface area (Å²) in [6, 6.07) is 6.26. The zero-order valence-corrected chi connectivity index (χ0v) is 20.5. The van der Waals surface area contributed by atoms with Gasteiger partial charge in [-0.25, -0.2) is 9.37 Å². The Morgan fingerprint density at radius 3 is 2.82 bits per heavy atom. The van der Waals surface area contributed by atoms with Crippen LogP contribution >= 0.6 is 11.3 Å². The first-order valence-electron chi connectivity index (χ1n) is 11.7. The average Bonchev–Trinajstić information content (AvgIpc) is 3.17. The van der Waals surface area contributed by atoms with Gasteiger partial charge in [-0.1, -0.05) is 20.8 Å². The fourth-order valence-electron chi connectivity index (χ4n) is 5.89. The Hall–Kier alpha value is -2.03. The van der Waals surface area contributed by atoms with Crippen LogP contribution in [0.1, 0.15) is 50.1 Å². The average molecular weight is 476 g/mol. The van der Waals surface area contributed by atoms with Crippen LogP contribution in [0.15, 0.2) is 24.3 Å². The minimum atomic E-state index is -0.565. The van der Waals surface area contributed by atoms with Crippen molar-refractivity contribution in [3.63, 3.8) is 0 Å². The van der Waals surface area contributed by atoms with Crippen molar-refractivity contribution in [1.29, 1.82) is 0 Å². The number of carbonyl (C=O) groups excluding carboxylic acids is 1. The quantitative estimate of drug-likeness (QED) is 0.515. The molecule has 180 valence electrons. The van der Waals surface area contributed by atoms with Crippen molar-refractivity contribution < 1.29 is 19.0 Å². The summed E-state index contributed by atoms with van der Waals surface area (Å²) in [5.41, 5.74) is 1.80. The molecule has 1 saturated carbocycles. The van der Waals surface area contributed by atoms with Gasteiger partial charge >= 0.3 is 0 Å². The van der Waals surface area contributed by atoms with Crippen LogP contribution in [-0.2, 0) is 16.0 Å². The van der Waals surface area contributed by atoms with Gasteiger partial charge in [-0.05, 0) is 60.8 Å². The van der Waals surface area contributed by atoms with Gasteiger partial charge in [-0.15, -0.1) is 11.3 Å². The van der Waals surface area contributed by atoms with Gasteiger partial charge in [0, 0.05) is 36.1 Å². The number of ether oxygens (including phenoxy) is 1. The van der Waals surface area contributed by atoms with Gasteiger partial charge in [0.2, 0.25) is 5.91 Å². The molecule has 0 aliphatic heterocycles. The molecule has 0 radical (unpaired) electrons. The Kier molecular flexibility index (Phi) is 7.07. The van der Waals surface area contributed by atoms with E-state index < -0.39 is 6.10 Å². The summed E-state index contributed by atoms with van der Waals surface area (Å²) >= 11 is 1.64. The molecule has 0 saturated heterocycles. The number of methoxy groups -OCH3 is 1. The molecule has 8 heteroatoms. The van der Waals surface area contributed by atoms with Crippen LogP contribution in [0.25, 0.3) is 0 Å². The minimum Gasteiger partial charge on any atom is -0.392 e. The van der Waals surface area contributed by atoms with Crippen LogP contribution in [0.2, 0.25) is 0 Å². The highest BCUT2D eigenvalue weighted by molar-refractivity contribution is 7.15. The number of hydrogen-bond donors (Lipinski definition) is 3. The van der Waals surface area contributed by atoms with Crippen LogP contribution in [-0.4, -0.2) is 42.4 Å². The molecule has 6 unspecified atom stereocenters. The van der Waals surface area contributed by atoms with Gasteiger partial charge in [-0.2, -0.15) is 0 Å². The van der Waals surface area contributed by atoms with Gasteiger partial charge in [0.05, 0.1) is 18.4 Å². The molecular weight excluding hydrogens is 441 g/mol. The third-order valence-corrected chi connectivity index (χ3v) is 8.67. The number of aliphatic hydroxyl groups is 1. The number of anilines is 2. The monoisotopic (exact) mass is 475 g/mol. The lowest BCUT2D eigenvalue weighted by molar-refractivity contribution is -0.135. The molecule has 1 fully saturated rings. The Bertz CT molecular complexity index is 982. The van der Waals surface area contributed by atoms with E-state index in [0.29, 0.717) is 13.2 Å². The molecule has 1 amide bonds. The van der Waals surface area contributed by atoms with Gasteiger partial charge < -0.3 is 20.5 Å². The first-order valence-corrected chi connectivity index (χ1v) is 12.5. The van der Waals surface area contributed by atoms with E-state index in [1.165, 1.54) is 17.0 Å². The lowest BCUT2D eigenvalue weighted by Gasteiger charge is -2.53. The normalized spacial score (nSPS) is 29.6. The lowest BCUT2D eigenvalue weighted by atomic mass is 9.53. The Morgan fingerprint density at radius 2 is 2.12 bits per heavy atom. The number of nitrogens with one attached hydrogen (secondary N) is 2. The van der Waals surface area contributed by atoms with Crippen LogP contribution in [0, 0.1) is 29.0 Å². The van der Waals surface area contributed by atoms with Crippen molar-refractivity contribution in [2.24, 2.45) is 23.2 Å². The van der Waals surface area contributed by atoms with Crippen molar-refractivity contribution in [3.8, 4) is 0 Å². The molecule has 2 aliphatic rings. The fraction of sp³-hybridized carbons (Fsp3) is 0.600. The standard InChI is InChI=1S/C25H34FN3O3S/c1-14(23(31)27-11-12-32-4)18-9-10-25(3)13-19-21(15(2)20(25)22(18)30)29-24(33-19)28-17-7-5-16(26)6-8-17/h5-8,14-15,18,20,22,30H,9-13H2,1-4H3,(H,27,31)(H,28,29). The van der Waals surface area contributed by atoms with Gasteiger partial charge in [-0.3, -0.25) is 4.79 Å². The number of nitrogens with zero attached hydrogens (tertiary/aromatic N) is 1. The summed E-state index contributed by atoms with van der Waals surface area (Å²) in [5.74, 6) is -0.511. The number of carbonyl (C=O) groups is 1. The molecule has 0 spiro atoms. The molecule has 6 nitrogen and oxygen atoms in total. The maximum absolute atomic E-state index is 13.2. The number of thiazole rings is 1. The Balaban J connectivity index is 1.52. The third-order valence-electron chi connectivity index (χ3n) is 7.68. The molecule has 1 aromatic carbocycles. The maximum atomic E-state index is 13.2. The van der Waals surface area contributed by atoms with E-state index in [0.717, 1.165) is 35.8 Å². The predicted molar refractivity (Wildman–Crippen MR) is 128 cm³/mol. The van der Waals surface area contributed by atoms with E-state index in [2.05, 4.69) is 24.5 Å². The molecule has 2 aromatic rings. The number of halogens is 1. The van der Waals surface area contributed by atoms with Crippen LogP contribution < -0.4 is 10.6 Å². The van der Waals surface area contributed by atoms with Gasteiger partial charge in [0.1, 0.15) is 5.82 Å². The van der Waals surface area contributed by atoms with Crippen LogP contribution in [0.4, 0.5) is 15.2 Å². The summed E-state index contributed by atoms with van der Waals surface area (Å²) in [6.45, 7) is 7.30. The van der Waals surface area contributed by atoms with E-state index in [9.17, 15) is 14.3 Å².